The molecule has 4 heteroatoms. The van der Waals surface area contributed by atoms with E-state index in [-0.39, 0.29) is 0 Å². The van der Waals surface area contributed by atoms with Crippen LogP contribution in [-0.2, 0) is 6.54 Å². The van der Waals surface area contributed by atoms with E-state index in [0.717, 1.165) is 16.7 Å². The normalized spacial score (nSPS) is 10.3. The average Bonchev–Trinajstić information content (AvgIpc) is 2.75. The largest absolute Gasteiger partial charge is 0.388 e. The number of anilines is 2. The van der Waals surface area contributed by atoms with E-state index >= 15 is 0 Å². The van der Waals surface area contributed by atoms with Crippen molar-refractivity contribution < 1.29 is 0 Å². The third-order valence-electron chi connectivity index (χ3n) is 2.61. The zero-order chi connectivity index (χ0) is 12.3. The van der Waals surface area contributed by atoms with Crippen LogP contribution in [0.25, 0.3) is 0 Å². The number of nitrogens with zero attached hydrogens (tertiary/aromatic N) is 1. The first kappa shape index (κ1) is 12.5. The first-order valence-corrected chi connectivity index (χ1v) is 7.08. The van der Waals surface area contributed by atoms with Crippen molar-refractivity contribution in [2.45, 2.75) is 6.54 Å². The molecule has 1 heterocycles. The molecule has 0 unspecified atom stereocenters. The summed E-state index contributed by atoms with van der Waals surface area (Å²) in [6, 6.07) is 10.6. The Labute approximate surface area is 114 Å². The molecule has 0 bridgehead atoms. The van der Waals surface area contributed by atoms with Gasteiger partial charge in [0.05, 0.1) is 6.54 Å². The van der Waals surface area contributed by atoms with Crippen LogP contribution >= 0.6 is 27.3 Å². The van der Waals surface area contributed by atoms with E-state index in [2.05, 4.69) is 68.9 Å². The summed E-state index contributed by atoms with van der Waals surface area (Å²) in [7, 11) is 4.05. The molecule has 1 aromatic carbocycles. The standard InChI is InChI=1S/C13H15BrN2S/c1-15-11-3-5-12(6-4-11)16(2)8-13-7-10(14)9-17-13/h3-7,9,15H,8H2,1-2H3. The van der Waals surface area contributed by atoms with Crippen LogP contribution in [0, 0.1) is 0 Å². The SMILES string of the molecule is CNc1ccc(N(C)Cc2cc(Br)cs2)cc1. The molecule has 90 valence electrons. The summed E-state index contributed by atoms with van der Waals surface area (Å²) in [4.78, 5) is 3.61. The minimum absolute atomic E-state index is 0.940. The van der Waals surface area contributed by atoms with Crippen LogP contribution in [0.2, 0.25) is 0 Å². The number of benzene rings is 1. The van der Waals surface area contributed by atoms with Gasteiger partial charge in [-0.2, -0.15) is 0 Å². The van der Waals surface area contributed by atoms with Gasteiger partial charge in [0.15, 0.2) is 0 Å². The molecule has 0 radical (unpaired) electrons. The van der Waals surface area contributed by atoms with E-state index < -0.39 is 0 Å². The lowest BCUT2D eigenvalue weighted by molar-refractivity contribution is 0.940. The molecular weight excluding hydrogens is 296 g/mol. The molecule has 2 aromatic rings. The Morgan fingerprint density at radius 3 is 2.53 bits per heavy atom. The van der Waals surface area contributed by atoms with Gasteiger partial charge in [0.1, 0.15) is 0 Å². The number of thiophene rings is 1. The molecule has 0 saturated carbocycles. The highest BCUT2D eigenvalue weighted by molar-refractivity contribution is 9.10. The van der Waals surface area contributed by atoms with Gasteiger partial charge in [-0.15, -0.1) is 11.3 Å². The molecule has 1 N–H and O–H groups in total. The Balaban J connectivity index is 2.06. The summed E-state index contributed by atoms with van der Waals surface area (Å²) in [5, 5.41) is 5.24. The lowest BCUT2D eigenvalue weighted by Gasteiger charge is -2.18. The van der Waals surface area contributed by atoms with Gasteiger partial charge in [-0.05, 0) is 46.3 Å². The molecule has 0 atom stereocenters. The Kier molecular flexibility index (Phi) is 4.07. The molecular formula is C13H15BrN2S. The quantitative estimate of drug-likeness (QED) is 0.911. The lowest BCUT2D eigenvalue weighted by atomic mass is 10.2. The average molecular weight is 311 g/mol. The molecule has 1 aromatic heterocycles. The van der Waals surface area contributed by atoms with Crippen molar-refractivity contribution in [2.75, 3.05) is 24.3 Å². The highest BCUT2D eigenvalue weighted by Crippen LogP contribution is 2.23. The predicted octanol–water partition coefficient (Wildman–Crippen LogP) is 4.19. The second-order valence-electron chi connectivity index (χ2n) is 3.88. The smallest absolute Gasteiger partial charge is 0.0519 e. The summed E-state index contributed by atoms with van der Waals surface area (Å²) >= 11 is 5.26. The van der Waals surface area contributed by atoms with Gasteiger partial charge in [-0.25, -0.2) is 0 Å². The monoisotopic (exact) mass is 310 g/mol. The van der Waals surface area contributed by atoms with Crippen molar-refractivity contribution in [1.82, 2.24) is 0 Å². The molecule has 0 fully saturated rings. The van der Waals surface area contributed by atoms with Gasteiger partial charge in [-0.1, -0.05) is 0 Å². The van der Waals surface area contributed by atoms with E-state index in [1.807, 2.05) is 7.05 Å². The van der Waals surface area contributed by atoms with Crippen LogP contribution in [0.1, 0.15) is 4.88 Å². The number of halogens is 1. The fourth-order valence-electron chi connectivity index (χ4n) is 1.64. The lowest BCUT2D eigenvalue weighted by Crippen LogP contribution is -2.15. The predicted molar refractivity (Wildman–Crippen MR) is 80.1 cm³/mol. The Bertz CT molecular complexity index is 478. The molecule has 17 heavy (non-hydrogen) atoms. The summed E-state index contributed by atoms with van der Waals surface area (Å²) in [5.74, 6) is 0. The highest BCUT2D eigenvalue weighted by atomic mass is 79.9. The first-order chi connectivity index (χ1) is 8.19. The minimum Gasteiger partial charge on any atom is -0.388 e. The Morgan fingerprint density at radius 2 is 2.00 bits per heavy atom. The second-order valence-corrected chi connectivity index (χ2v) is 5.80. The van der Waals surface area contributed by atoms with Crippen molar-refractivity contribution in [3.63, 3.8) is 0 Å². The fourth-order valence-corrected chi connectivity index (χ4v) is 3.15. The van der Waals surface area contributed by atoms with E-state index in [4.69, 9.17) is 0 Å². The summed E-state index contributed by atoms with van der Waals surface area (Å²) in [6.45, 7) is 0.940. The number of hydrogen-bond donors (Lipinski definition) is 1. The maximum Gasteiger partial charge on any atom is 0.0519 e. The second kappa shape index (κ2) is 5.56. The summed E-state index contributed by atoms with van der Waals surface area (Å²) in [5.41, 5.74) is 2.37. The van der Waals surface area contributed by atoms with E-state index in [1.54, 1.807) is 11.3 Å². The Hall–Kier alpha value is -1.00. The van der Waals surface area contributed by atoms with Gasteiger partial charge in [0, 0.05) is 40.2 Å². The summed E-state index contributed by atoms with van der Waals surface area (Å²) in [6.07, 6.45) is 0. The zero-order valence-electron chi connectivity index (χ0n) is 9.90. The molecule has 0 amide bonds. The van der Waals surface area contributed by atoms with E-state index in [9.17, 15) is 0 Å². The third kappa shape index (κ3) is 3.23. The van der Waals surface area contributed by atoms with Crippen LogP contribution in [0.15, 0.2) is 40.2 Å². The molecule has 0 aliphatic rings. The topological polar surface area (TPSA) is 15.3 Å². The van der Waals surface area contributed by atoms with Crippen molar-refractivity contribution in [3.05, 3.63) is 45.1 Å². The van der Waals surface area contributed by atoms with Crippen molar-refractivity contribution in [1.29, 1.82) is 0 Å². The maximum absolute atomic E-state index is 3.48. The molecule has 0 aliphatic heterocycles. The number of hydrogen-bond acceptors (Lipinski definition) is 3. The Morgan fingerprint density at radius 1 is 1.29 bits per heavy atom. The number of nitrogens with one attached hydrogen (secondary N) is 1. The highest BCUT2D eigenvalue weighted by Gasteiger charge is 2.04. The van der Waals surface area contributed by atoms with E-state index in [0.29, 0.717) is 0 Å². The van der Waals surface area contributed by atoms with Gasteiger partial charge < -0.3 is 10.2 Å². The van der Waals surface area contributed by atoms with Crippen LogP contribution in [0.3, 0.4) is 0 Å². The van der Waals surface area contributed by atoms with Gasteiger partial charge in [0.25, 0.3) is 0 Å². The molecule has 0 saturated heterocycles. The minimum atomic E-state index is 0.940. The molecule has 2 rings (SSSR count). The van der Waals surface area contributed by atoms with Crippen molar-refractivity contribution in [3.8, 4) is 0 Å². The summed E-state index contributed by atoms with van der Waals surface area (Å²) < 4.78 is 1.16. The van der Waals surface area contributed by atoms with Crippen LogP contribution in [0.4, 0.5) is 11.4 Å². The molecule has 0 spiro atoms. The van der Waals surface area contributed by atoms with Crippen LogP contribution in [-0.4, -0.2) is 14.1 Å². The van der Waals surface area contributed by atoms with Gasteiger partial charge >= 0.3 is 0 Å². The van der Waals surface area contributed by atoms with Crippen molar-refractivity contribution in [2.24, 2.45) is 0 Å². The maximum atomic E-state index is 3.48. The van der Waals surface area contributed by atoms with Gasteiger partial charge in [0.2, 0.25) is 0 Å². The fraction of sp³-hybridized carbons (Fsp3) is 0.231. The zero-order valence-corrected chi connectivity index (χ0v) is 12.3. The van der Waals surface area contributed by atoms with E-state index in [1.165, 1.54) is 10.6 Å². The molecule has 2 nitrogen and oxygen atoms in total. The molecule has 0 aliphatic carbocycles. The van der Waals surface area contributed by atoms with Crippen molar-refractivity contribution >= 4 is 38.6 Å². The third-order valence-corrected chi connectivity index (χ3v) is 4.29. The number of rotatable bonds is 4. The van der Waals surface area contributed by atoms with Crippen LogP contribution < -0.4 is 10.2 Å². The van der Waals surface area contributed by atoms with Gasteiger partial charge in [-0.3, -0.25) is 0 Å². The van der Waals surface area contributed by atoms with Crippen LogP contribution in [0.5, 0.6) is 0 Å². The first-order valence-electron chi connectivity index (χ1n) is 5.41.